The van der Waals surface area contributed by atoms with Crippen LogP contribution in [0.2, 0.25) is 0 Å². The zero-order valence-electron chi connectivity index (χ0n) is 14.3. The van der Waals surface area contributed by atoms with Crippen LogP contribution >= 0.6 is 0 Å². The van der Waals surface area contributed by atoms with Crippen molar-refractivity contribution in [2.75, 3.05) is 16.8 Å². The quantitative estimate of drug-likeness (QED) is 0.660. The maximum absolute atomic E-state index is 12.5. The van der Waals surface area contributed by atoms with Crippen LogP contribution in [0.4, 0.5) is 17.1 Å². The fourth-order valence-electron chi connectivity index (χ4n) is 2.99. The van der Waals surface area contributed by atoms with Gasteiger partial charge in [-0.1, -0.05) is 25.1 Å². The second kappa shape index (κ2) is 7.35. The fourth-order valence-corrected chi connectivity index (χ4v) is 2.99. The van der Waals surface area contributed by atoms with E-state index in [0.717, 1.165) is 12.1 Å². The molecule has 0 spiro atoms. The SMILES string of the molecule is CCc1ccc(N2C[C@H](C(=O)Nc3cccc([N+](=O)[O-])c3)CC2=O)cc1. The smallest absolute Gasteiger partial charge is 0.271 e. The molecule has 2 amide bonds. The number of hydrogen-bond donors (Lipinski definition) is 1. The molecule has 1 aliphatic rings. The van der Waals surface area contributed by atoms with Gasteiger partial charge in [0, 0.05) is 36.5 Å². The van der Waals surface area contributed by atoms with Crippen LogP contribution in [0.5, 0.6) is 0 Å². The Hall–Kier alpha value is -3.22. The number of amides is 2. The minimum Gasteiger partial charge on any atom is -0.326 e. The van der Waals surface area contributed by atoms with Gasteiger partial charge in [0.15, 0.2) is 0 Å². The zero-order chi connectivity index (χ0) is 18.7. The molecule has 0 bridgehead atoms. The highest BCUT2D eigenvalue weighted by Crippen LogP contribution is 2.27. The first kappa shape index (κ1) is 17.6. The zero-order valence-corrected chi connectivity index (χ0v) is 14.3. The number of nitrogens with zero attached hydrogens (tertiary/aromatic N) is 2. The Balaban J connectivity index is 1.68. The summed E-state index contributed by atoms with van der Waals surface area (Å²) in [6.45, 7) is 2.36. The summed E-state index contributed by atoms with van der Waals surface area (Å²) in [6, 6.07) is 13.5. The molecule has 1 N–H and O–H groups in total. The Morgan fingerprint density at radius 3 is 2.65 bits per heavy atom. The molecule has 0 unspecified atom stereocenters. The summed E-state index contributed by atoms with van der Waals surface area (Å²) in [5, 5.41) is 13.5. The van der Waals surface area contributed by atoms with Crippen molar-refractivity contribution in [1.82, 2.24) is 0 Å². The van der Waals surface area contributed by atoms with Crippen molar-refractivity contribution in [3.8, 4) is 0 Å². The first-order chi connectivity index (χ1) is 12.5. The lowest BCUT2D eigenvalue weighted by molar-refractivity contribution is -0.384. The normalized spacial score (nSPS) is 16.6. The number of nitro benzene ring substituents is 1. The number of benzene rings is 2. The van der Waals surface area contributed by atoms with Gasteiger partial charge in [-0.25, -0.2) is 0 Å². The molecule has 134 valence electrons. The van der Waals surface area contributed by atoms with E-state index < -0.39 is 10.8 Å². The Morgan fingerprint density at radius 2 is 2.00 bits per heavy atom. The summed E-state index contributed by atoms with van der Waals surface area (Å²) in [4.78, 5) is 36.7. The number of carbonyl (C=O) groups is 2. The lowest BCUT2D eigenvalue weighted by atomic mass is 10.1. The van der Waals surface area contributed by atoms with Crippen LogP contribution in [0.1, 0.15) is 18.9 Å². The van der Waals surface area contributed by atoms with Crippen molar-refractivity contribution in [2.24, 2.45) is 5.92 Å². The number of aryl methyl sites for hydroxylation is 1. The Bertz CT molecular complexity index is 848. The lowest BCUT2D eigenvalue weighted by Crippen LogP contribution is -2.28. The first-order valence-corrected chi connectivity index (χ1v) is 8.42. The van der Waals surface area contributed by atoms with Gasteiger partial charge in [-0.15, -0.1) is 0 Å². The van der Waals surface area contributed by atoms with Crippen molar-refractivity contribution in [3.63, 3.8) is 0 Å². The van der Waals surface area contributed by atoms with E-state index in [0.29, 0.717) is 12.2 Å². The van der Waals surface area contributed by atoms with Gasteiger partial charge in [0.05, 0.1) is 10.8 Å². The molecule has 0 radical (unpaired) electrons. The fraction of sp³-hybridized carbons (Fsp3) is 0.263. The monoisotopic (exact) mass is 353 g/mol. The number of nitrogens with one attached hydrogen (secondary N) is 1. The van der Waals surface area contributed by atoms with E-state index in [-0.39, 0.29) is 23.9 Å². The van der Waals surface area contributed by atoms with E-state index in [1.54, 1.807) is 11.0 Å². The Kier molecular flexibility index (Phi) is 4.97. The van der Waals surface area contributed by atoms with Gasteiger partial charge < -0.3 is 10.2 Å². The number of non-ortho nitro benzene ring substituents is 1. The van der Waals surface area contributed by atoms with E-state index >= 15 is 0 Å². The van der Waals surface area contributed by atoms with Gasteiger partial charge in [0.2, 0.25) is 11.8 Å². The van der Waals surface area contributed by atoms with E-state index in [4.69, 9.17) is 0 Å². The molecule has 0 aliphatic carbocycles. The van der Waals surface area contributed by atoms with Crippen LogP contribution in [0, 0.1) is 16.0 Å². The third-order valence-electron chi connectivity index (χ3n) is 4.48. The average Bonchev–Trinajstić information content (AvgIpc) is 3.04. The lowest BCUT2D eigenvalue weighted by Gasteiger charge is -2.17. The van der Waals surface area contributed by atoms with Gasteiger partial charge >= 0.3 is 0 Å². The van der Waals surface area contributed by atoms with E-state index in [1.807, 2.05) is 24.3 Å². The molecule has 7 heteroatoms. The predicted molar refractivity (Wildman–Crippen MR) is 98.0 cm³/mol. The van der Waals surface area contributed by atoms with Crippen molar-refractivity contribution in [3.05, 3.63) is 64.2 Å². The molecule has 2 aromatic rings. The molecule has 7 nitrogen and oxygen atoms in total. The summed E-state index contributed by atoms with van der Waals surface area (Å²) in [5.74, 6) is -0.910. The van der Waals surface area contributed by atoms with Crippen LogP contribution in [0.3, 0.4) is 0 Å². The van der Waals surface area contributed by atoms with Crippen LogP contribution in [-0.2, 0) is 16.0 Å². The summed E-state index contributed by atoms with van der Waals surface area (Å²) in [6.07, 6.45) is 1.04. The Morgan fingerprint density at radius 1 is 1.27 bits per heavy atom. The highest BCUT2D eigenvalue weighted by Gasteiger charge is 2.35. The highest BCUT2D eigenvalue weighted by molar-refractivity contribution is 6.03. The van der Waals surface area contributed by atoms with Gasteiger partial charge in [0.25, 0.3) is 5.69 Å². The van der Waals surface area contributed by atoms with E-state index in [9.17, 15) is 19.7 Å². The largest absolute Gasteiger partial charge is 0.326 e. The topological polar surface area (TPSA) is 92.6 Å². The molecule has 1 atom stereocenters. The molecular formula is C19H19N3O4. The molecule has 1 fully saturated rings. The van der Waals surface area contributed by atoms with Gasteiger partial charge in [-0.2, -0.15) is 0 Å². The minimum absolute atomic E-state index is 0.0945. The molecule has 1 saturated heterocycles. The number of carbonyl (C=O) groups excluding carboxylic acids is 2. The number of nitro groups is 1. The van der Waals surface area contributed by atoms with Crippen molar-refractivity contribution in [2.45, 2.75) is 19.8 Å². The number of anilines is 2. The molecule has 3 rings (SSSR count). The minimum atomic E-state index is -0.517. The standard InChI is InChI=1S/C19H19N3O4/c1-2-13-6-8-16(9-7-13)21-12-14(10-18(21)23)19(24)20-15-4-3-5-17(11-15)22(25)26/h3-9,11,14H,2,10,12H2,1H3,(H,20,24)/t14-/m1/s1. The maximum atomic E-state index is 12.5. The van der Waals surface area contributed by atoms with Crippen molar-refractivity contribution >= 4 is 28.9 Å². The maximum Gasteiger partial charge on any atom is 0.271 e. The summed E-state index contributed by atoms with van der Waals surface area (Å²) < 4.78 is 0. The third-order valence-corrected chi connectivity index (χ3v) is 4.48. The van der Waals surface area contributed by atoms with E-state index in [1.165, 1.54) is 23.8 Å². The van der Waals surface area contributed by atoms with Crippen LogP contribution < -0.4 is 10.2 Å². The van der Waals surface area contributed by atoms with Crippen molar-refractivity contribution < 1.29 is 14.5 Å². The molecular weight excluding hydrogens is 334 g/mol. The molecule has 0 aromatic heterocycles. The molecule has 0 saturated carbocycles. The second-order valence-corrected chi connectivity index (χ2v) is 6.22. The van der Waals surface area contributed by atoms with Crippen LogP contribution in [0.25, 0.3) is 0 Å². The van der Waals surface area contributed by atoms with E-state index in [2.05, 4.69) is 12.2 Å². The molecule has 1 heterocycles. The average molecular weight is 353 g/mol. The predicted octanol–water partition coefficient (Wildman–Crippen LogP) is 3.15. The summed E-state index contributed by atoms with van der Waals surface area (Å²) in [7, 11) is 0. The second-order valence-electron chi connectivity index (χ2n) is 6.22. The number of rotatable bonds is 5. The molecule has 26 heavy (non-hydrogen) atoms. The van der Waals surface area contributed by atoms with Gasteiger partial charge in [-0.3, -0.25) is 19.7 Å². The van der Waals surface area contributed by atoms with Gasteiger partial charge in [-0.05, 0) is 30.2 Å². The first-order valence-electron chi connectivity index (χ1n) is 8.42. The Labute approximate surface area is 150 Å². The van der Waals surface area contributed by atoms with Crippen LogP contribution in [0.15, 0.2) is 48.5 Å². The van der Waals surface area contributed by atoms with Crippen LogP contribution in [-0.4, -0.2) is 23.3 Å². The summed E-state index contributed by atoms with van der Waals surface area (Å²) in [5.41, 5.74) is 2.21. The highest BCUT2D eigenvalue weighted by atomic mass is 16.6. The molecule has 2 aromatic carbocycles. The summed E-state index contributed by atoms with van der Waals surface area (Å²) >= 11 is 0. The number of hydrogen-bond acceptors (Lipinski definition) is 4. The third kappa shape index (κ3) is 3.72. The van der Waals surface area contributed by atoms with Crippen molar-refractivity contribution in [1.29, 1.82) is 0 Å². The van der Waals surface area contributed by atoms with Gasteiger partial charge in [0.1, 0.15) is 0 Å². The molecule has 1 aliphatic heterocycles.